The second-order valence-electron chi connectivity index (χ2n) is 11.8. The van der Waals surface area contributed by atoms with Crippen molar-refractivity contribution in [2.45, 2.75) is 49.7 Å². The third-order valence-corrected chi connectivity index (χ3v) is 9.02. The summed E-state index contributed by atoms with van der Waals surface area (Å²) in [7, 11) is 2.11. The molecule has 12 heteroatoms. The number of carbonyl (C=O) groups excluding carboxylic acids is 1. The first-order valence-corrected chi connectivity index (χ1v) is 15.1. The number of carbonyl (C=O) groups is 4. The van der Waals surface area contributed by atoms with Gasteiger partial charge in [0.1, 0.15) is 5.82 Å². The van der Waals surface area contributed by atoms with Crippen LogP contribution in [0.1, 0.15) is 49.8 Å². The molecule has 244 valence electrons. The fourth-order valence-electron chi connectivity index (χ4n) is 6.26. The number of fused-ring (bicyclic) bond motifs is 1. The average Bonchev–Trinajstić information content (AvgIpc) is 3.38. The molecule has 46 heavy (non-hydrogen) atoms. The quantitative estimate of drug-likeness (QED) is 0.253. The van der Waals surface area contributed by atoms with Crippen molar-refractivity contribution in [3.8, 4) is 0 Å². The van der Waals surface area contributed by atoms with Crippen molar-refractivity contribution in [2.24, 2.45) is 0 Å². The fraction of sp³-hybridized carbons (Fsp3) is 0.353. The highest BCUT2D eigenvalue weighted by Gasteiger charge is 2.46. The predicted molar refractivity (Wildman–Crippen MR) is 169 cm³/mol. The molecule has 0 bridgehead atoms. The Balaban J connectivity index is 0.000000315. The van der Waals surface area contributed by atoms with Crippen molar-refractivity contribution in [2.75, 3.05) is 26.7 Å². The van der Waals surface area contributed by atoms with Gasteiger partial charge in [0.25, 0.3) is 5.91 Å². The van der Waals surface area contributed by atoms with E-state index in [1.807, 2.05) is 41.3 Å². The predicted octanol–water partition coefficient (Wildman–Crippen LogP) is 4.88. The second-order valence-corrected chi connectivity index (χ2v) is 12.3. The van der Waals surface area contributed by atoms with Crippen molar-refractivity contribution in [1.29, 1.82) is 0 Å². The van der Waals surface area contributed by atoms with Gasteiger partial charge in [0.15, 0.2) is 5.60 Å². The Labute approximate surface area is 270 Å². The summed E-state index contributed by atoms with van der Waals surface area (Å²) < 4.78 is 13.7. The van der Waals surface area contributed by atoms with Crippen molar-refractivity contribution in [3.05, 3.63) is 94.3 Å². The summed E-state index contributed by atoms with van der Waals surface area (Å²) in [6.45, 7) is 4.44. The van der Waals surface area contributed by atoms with Crippen LogP contribution in [0.4, 0.5) is 4.39 Å². The van der Waals surface area contributed by atoms with Gasteiger partial charge in [0, 0.05) is 22.6 Å². The lowest BCUT2D eigenvalue weighted by Gasteiger charge is -2.42. The summed E-state index contributed by atoms with van der Waals surface area (Å²) in [6, 6.07) is 18.7. The van der Waals surface area contributed by atoms with Crippen molar-refractivity contribution in [1.82, 2.24) is 9.80 Å². The molecule has 0 radical (unpaired) electrons. The van der Waals surface area contributed by atoms with E-state index in [1.165, 1.54) is 12.1 Å². The number of halogens is 2. The minimum Gasteiger partial charge on any atom is -0.481 e. The second kappa shape index (κ2) is 14.0. The van der Waals surface area contributed by atoms with Gasteiger partial charge in [0.2, 0.25) is 0 Å². The lowest BCUT2D eigenvalue weighted by atomic mass is 9.67. The van der Waals surface area contributed by atoms with Crippen LogP contribution in [0.5, 0.6) is 0 Å². The minimum atomic E-state index is -2.74. The summed E-state index contributed by atoms with van der Waals surface area (Å²) in [6.07, 6.45) is 1.49. The number of amides is 1. The first-order chi connectivity index (χ1) is 21.7. The van der Waals surface area contributed by atoms with Crippen LogP contribution < -0.4 is 0 Å². The maximum absolute atomic E-state index is 13.9. The zero-order valence-corrected chi connectivity index (χ0v) is 26.2. The highest BCUT2D eigenvalue weighted by molar-refractivity contribution is 6.31. The first kappa shape index (κ1) is 34.6. The first-order valence-electron chi connectivity index (χ1n) is 14.7. The molecule has 2 aliphatic rings. The van der Waals surface area contributed by atoms with E-state index in [0.29, 0.717) is 11.6 Å². The Morgan fingerprint density at radius 3 is 2.13 bits per heavy atom. The van der Waals surface area contributed by atoms with E-state index in [-0.39, 0.29) is 23.2 Å². The Bertz CT molecular complexity index is 1650. The van der Waals surface area contributed by atoms with Crippen LogP contribution in [-0.2, 0) is 24.6 Å². The van der Waals surface area contributed by atoms with Crippen LogP contribution in [-0.4, -0.2) is 86.3 Å². The van der Waals surface area contributed by atoms with Crippen LogP contribution in [0.25, 0.3) is 10.8 Å². The molecule has 2 heterocycles. The molecule has 2 aliphatic heterocycles. The minimum absolute atomic E-state index is 0.0698. The molecule has 3 aromatic carbocycles. The highest BCUT2D eigenvalue weighted by atomic mass is 35.5. The molecule has 0 spiro atoms. The van der Waals surface area contributed by atoms with E-state index < -0.39 is 36.4 Å². The number of hydrogen-bond donors (Lipinski definition) is 4. The SMILES string of the molecule is C[C@@H](c1cc(Cl)cc2ccccc12)N1CC=C(C2(c3ccc(F)cc3)CCN(C)CC2)C1=O.O=C(O)CC(O)(CC(=O)O)C(=O)O. The van der Waals surface area contributed by atoms with Gasteiger partial charge >= 0.3 is 17.9 Å². The number of likely N-dealkylation sites (tertiary alicyclic amines) is 1. The number of benzene rings is 3. The molecular formula is C34H36ClFN2O8. The Hall–Kier alpha value is -4.32. The maximum atomic E-state index is 13.9. The number of piperidine rings is 1. The molecule has 1 amide bonds. The number of carboxylic acid groups (broad SMARTS) is 3. The molecule has 3 aromatic rings. The number of nitrogens with zero attached hydrogens (tertiary/aromatic N) is 2. The van der Waals surface area contributed by atoms with Crippen LogP contribution in [0.3, 0.4) is 0 Å². The van der Waals surface area contributed by atoms with Crippen LogP contribution in [0, 0.1) is 5.82 Å². The van der Waals surface area contributed by atoms with Gasteiger partial charge in [-0.05, 0) is 86.1 Å². The van der Waals surface area contributed by atoms with E-state index in [2.05, 4.69) is 37.1 Å². The summed E-state index contributed by atoms with van der Waals surface area (Å²) in [4.78, 5) is 48.6. The molecule has 5 rings (SSSR count). The summed E-state index contributed by atoms with van der Waals surface area (Å²) in [5, 5.41) is 36.7. The number of aliphatic hydroxyl groups is 1. The van der Waals surface area contributed by atoms with Gasteiger partial charge in [-0.1, -0.05) is 54.1 Å². The van der Waals surface area contributed by atoms with Crippen molar-refractivity contribution in [3.63, 3.8) is 0 Å². The van der Waals surface area contributed by atoms with Gasteiger partial charge in [-0.2, -0.15) is 0 Å². The average molecular weight is 655 g/mol. The lowest BCUT2D eigenvalue weighted by molar-refractivity contribution is -0.170. The largest absolute Gasteiger partial charge is 0.481 e. The molecule has 0 saturated carbocycles. The lowest BCUT2D eigenvalue weighted by Crippen LogP contribution is -2.45. The molecule has 1 atom stereocenters. The smallest absolute Gasteiger partial charge is 0.336 e. The van der Waals surface area contributed by atoms with Crippen LogP contribution in [0.2, 0.25) is 5.02 Å². The van der Waals surface area contributed by atoms with Gasteiger partial charge in [-0.25, -0.2) is 9.18 Å². The highest BCUT2D eigenvalue weighted by Crippen LogP contribution is 2.45. The summed E-state index contributed by atoms with van der Waals surface area (Å²) >= 11 is 6.44. The number of aliphatic carboxylic acids is 3. The van der Waals surface area contributed by atoms with E-state index in [1.54, 1.807) is 0 Å². The third-order valence-electron chi connectivity index (χ3n) is 8.80. The third kappa shape index (κ3) is 7.38. The molecule has 0 unspecified atom stereocenters. The molecule has 10 nitrogen and oxygen atoms in total. The molecule has 1 saturated heterocycles. The van der Waals surface area contributed by atoms with Gasteiger partial charge < -0.3 is 30.2 Å². The Kier molecular flexibility index (Phi) is 10.5. The number of rotatable bonds is 9. The van der Waals surface area contributed by atoms with Crippen LogP contribution >= 0.6 is 11.6 Å². The topological polar surface area (TPSA) is 156 Å². The Morgan fingerprint density at radius 1 is 0.978 bits per heavy atom. The van der Waals surface area contributed by atoms with E-state index in [9.17, 15) is 23.6 Å². The standard InChI is InChI=1S/C28H28ClFN2O.C6H8O7/c1-19(25-18-22(29)17-20-5-3-4-6-24(20)25)32-14-11-26(27(32)33)28(12-15-31(2)16-13-28)21-7-9-23(30)10-8-21;7-3(8)1-6(13,5(11)12)2-4(9)10/h3-11,17-19H,12-16H2,1-2H3;13H,1-2H2,(H,7,8)(H,9,10)(H,11,12)/t19-;/m0./s1. The fourth-order valence-corrected chi connectivity index (χ4v) is 6.50. The summed E-state index contributed by atoms with van der Waals surface area (Å²) in [5.41, 5.74) is -0.195. The monoisotopic (exact) mass is 654 g/mol. The van der Waals surface area contributed by atoms with Crippen molar-refractivity contribution < 1.29 is 44.0 Å². The van der Waals surface area contributed by atoms with Crippen molar-refractivity contribution >= 4 is 46.2 Å². The summed E-state index contributed by atoms with van der Waals surface area (Å²) in [5.74, 6) is -5.20. The van der Waals surface area contributed by atoms with Gasteiger partial charge in [-0.3, -0.25) is 14.4 Å². The molecule has 0 aromatic heterocycles. The van der Waals surface area contributed by atoms with Gasteiger partial charge in [-0.15, -0.1) is 0 Å². The van der Waals surface area contributed by atoms with E-state index in [0.717, 1.165) is 53.4 Å². The normalized spacial score (nSPS) is 17.2. The van der Waals surface area contributed by atoms with E-state index >= 15 is 0 Å². The maximum Gasteiger partial charge on any atom is 0.336 e. The Morgan fingerprint density at radius 2 is 1.57 bits per heavy atom. The molecular weight excluding hydrogens is 619 g/mol. The van der Waals surface area contributed by atoms with E-state index in [4.69, 9.17) is 32.0 Å². The number of hydrogen-bond acceptors (Lipinski definition) is 6. The molecule has 1 fully saturated rings. The van der Waals surface area contributed by atoms with Crippen LogP contribution in [0.15, 0.2) is 72.3 Å². The zero-order valence-electron chi connectivity index (χ0n) is 25.5. The zero-order chi connectivity index (χ0) is 33.8. The molecule has 0 aliphatic carbocycles. The molecule has 4 N–H and O–H groups in total. The van der Waals surface area contributed by atoms with Gasteiger partial charge in [0.05, 0.1) is 18.9 Å². The number of carboxylic acids is 3.